The summed E-state index contributed by atoms with van der Waals surface area (Å²) < 4.78 is 0. The summed E-state index contributed by atoms with van der Waals surface area (Å²) >= 11 is 0. The van der Waals surface area contributed by atoms with Gasteiger partial charge in [0.25, 0.3) is 0 Å². The van der Waals surface area contributed by atoms with Crippen molar-refractivity contribution in [2.24, 2.45) is 16.7 Å². The third kappa shape index (κ3) is 1.13. The molecule has 2 saturated carbocycles. The Morgan fingerprint density at radius 3 is 2.33 bits per heavy atom. The molecule has 0 aromatic carbocycles. The van der Waals surface area contributed by atoms with Crippen LogP contribution in [0, 0.1) is 16.7 Å². The van der Waals surface area contributed by atoms with E-state index >= 15 is 0 Å². The summed E-state index contributed by atoms with van der Waals surface area (Å²) in [5.74, 6) is -0.408. The van der Waals surface area contributed by atoms with Crippen molar-refractivity contribution < 1.29 is 15.0 Å². The quantitative estimate of drug-likeness (QED) is 0.736. The Bertz CT molecular complexity index is 310. The van der Waals surface area contributed by atoms with Crippen molar-refractivity contribution in [3.63, 3.8) is 0 Å². The summed E-state index contributed by atoms with van der Waals surface area (Å²) in [5.41, 5.74) is -1.16. The zero-order chi connectivity index (χ0) is 11.5. The molecule has 0 unspecified atom stereocenters. The van der Waals surface area contributed by atoms with E-state index in [-0.39, 0.29) is 17.3 Å². The van der Waals surface area contributed by atoms with Crippen LogP contribution in [-0.2, 0) is 4.79 Å². The highest BCUT2D eigenvalue weighted by Crippen LogP contribution is 2.70. The minimum atomic E-state index is -0.995. The molecule has 0 amide bonds. The molecule has 0 saturated heterocycles. The maximum Gasteiger partial charge on any atom is 0.306 e. The van der Waals surface area contributed by atoms with Crippen LogP contribution in [0.25, 0.3) is 0 Å². The highest BCUT2D eigenvalue weighted by molar-refractivity contribution is 5.68. The Hall–Kier alpha value is -0.570. The monoisotopic (exact) mass is 212 g/mol. The van der Waals surface area contributed by atoms with Gasteiger partial charge in [0.15, 0.2) is 0 Å². The maximum atomic E-state index is 10.8. The van der Waals surface area contributed by atoms with Crippen molar-refractivity contribution in [2.45, 2.75) is 52.1 Å². The predicted octanol–water partition coefficient (Wildman–Crippen LogP) is 2.04. The van der Waals surface area contributed by atoms with E-state index in [0.717, 1.165) is 12.8 Å². The molecule has 2 N–H and O–H groups in total. The Labute approximate surface area is 90.5 Å². The third-order valence-corrected chi connectivity index (χ3v) is 5.49. The molecule has 2 aliphatic carbocycles. The molecule has 0 aromatic heterocycles. The SMILES string of the molecule is CC1(C)[C@H]2CC[C@@]1(C)[C@@](O)(CC(=O)O)C2. The minimum Gasteiger partial charge on any atom is -0.481 e. The Kier molecular flexibility index (Phi) is 2.01. The molecule has 0 aliphatic heterocycles. The highest BCUT2D eigenvalue weighted by Gasteiger charge is 2.68. The number of aliphatic hydroxyl groups is 1. The number of rotatable bonds is 2. The smallest absolute Gasteiger partial charge is 0.306 e. The first-order chi connectivity index (χ1) is 6.73. The first-order valence-electron chi connectivity index (χ1n) is 5.67. The van der Waals surface area contributed by atoms with Gasteiger partial charge in [-0.15, -0.1) is 0 Å². The van der Waals surface area contributed by atoms with Crippen LogP contribution in [0.15, 0.2) is 0 Å². The van der Waals surface area contributed by atoms with Crippen LogP contribution >= 0.6 is 0 Å². The molecule has 0 radical (unpaired) electrons. The van der Waals surface area contributed by atoms with Crippen LogP contribution in [0.3, 0.4) is 0 Å². The van der Waals surface area contributed by atoms with Gasteiger partial charge in [-0.2, -0.15) is 0 Å². The summed E-state index contributed by atoms with van der Waals surface area (Å²) in [7, 11) is 0. The number of carbonyl (C=O) groups is 1. The summed E-state index contributed by atoms with van der Waals surface area (Å²) in [6, 6.07) is 0. The van der Waals surface area contributed by atoms with Crippen molar-refractivity contribution in [3.8, 4) is 0 Å². The molecule has 0 spiro atoms. The minimum absolute atomic E-state index is 0.0667. The molecular weight excluding hydrogens is 192 g/mol. The lowest BCUT2D eigenvalue weighted by atomic mass is 9.63. The summed E-state index contributed by atoms with van der Waals surface area (Å²) in [6.45, 7) is 6.40. The summed E-state index contributed by atoms with van der Waals surface area (Å²) in [5, 5.41) is 19.5. The number of carboxylic acid groups (broad SMARTS) is 1. The van der Waals surface area contributed by atoms with Gasteiger partial charge < -0.3 is 10.2 Å². The van der Waals surface area contributed by atoms with Crippen molar-refractivity contribution in [2.75, 3.05) is 0 Å². The van der Waals surface area contributed by atoms with Gasteiger partial charge in [0, 0.05) is 5.41 Å². The van der Waals surface area contributed by atoms with E-state index in [2.05, 4.69) is 20.8 Å². The normalized spacial score (nSPS) is 47.1. The molecule has 86 valence electrons. The van der Waals surface area contributed by atoms with Crippen molar-refractivity contribution >= 4 is 5.97 Å². The molecule has 0 aromatic rings. The van der Waals surface area contributed by atoms with Crippen molar-refractivity contribution in [1.82, 2.24) is 0 Å². The standard InChI is InChI=1S/C12H20O3/c1-10(2)8-4-5-11(10,3)12(15,6-8)7-9(13)14/h8,15H,4-7H2,1-3H3,(H,13,14)/t8-,11+,12-/m0/s1. The Balaban J connectivity index is 2.36. The van der Waals surface area contributed by atoms with Gasteiger partial charge in [0.05, 0.1) is 12.0 Å². The molecule has 3 nitrogen and oxygen atoms in total. The highest BCUT2D eigenvalue weighted by atomic mass is 16.4. The van der Waals surface area contributed by atoms with E-state index in [1.807, 2.05) is 0 Å². The predicted molar refractivity (Wildman–Crippen MR) is 56.4 cm³/mol. The van der Waals surface area contributed by atoms with Gasteiger partial charge in [0.2, 0.25) is 0 Å². The van der Waals surface area contributed by atoms with E-state index in [9.17, 15) is 9.90 Å². The van der Waals surface area contributed by atoms with Crippen LogP contribution in [-0.4, -0.2) is 21.8 Å². The molecule has 3 atom stereocenters. The molecule has 15 heavy (non-hydrogen) atoms. The summed E-state index contributed by atoms with van der Waals surface area (Å²) in [6.07, 6.45) is 2.63. The zero-order valence-electron chi connectivity index (χ0n) is 9.71. The molecule has 0 heterocycles. The maximum absolute atomic E-state index is 10.8. The number of carboxylic acids is 1. The molecule has 2 fully saturated rings. The van der Waals surface area contributed by atoms with Crippen LogP contribution < -0.4 is 0 Å². The van der Waals surface area contributed by atoms with E-state index < -0.39 is 11.6 Å². The first-order valence-corrected chi connectivity index (χ1v) is 5.67. The fraction of sp³-hybridized carbons (Fsp3) is 0.917. The zero-order valence-corrected chi connectivity index (χ0v) is 9.71. The lowest BCUT2D eigenvalue weighted by Gasteiger charge is -2.44. The first kappa shape index (κ1) is 10.9. The summed E-state index contributed by atoms with van der Waals surface area (Å²) in [4.78, 5) is 10.8. The van der Waals surface area contributed by atoms with Crippen LogP contribution in [0.2, 0.25) is 0 Å². The largest absolute Gasteiger partial charge is 0.481 e. The van der Waals surface area contributed by atoms with E-state index in [0.29, 0.717) is 12.3 Å². The Morgan fingerprint density at radius 1 is 1.40 bits per heavy atom. The van der Waals surface area contributed by atoms with Gasteiger partial charge >= 0.3 is 5.97 Å². The van der Waals surface area contributed by atoms with Gasteiger partial charge in [0.1, 0.15) is 0 Å². The molecule has 2 bridgehead atoms. The molecular formula is C12H20O3. The average molecular weight is 212 g/mol. The Morgan fingerprint density at radius 2 is 2.00 bits per heavy atom. The lowest BCUT2D eigenvalue weighted by Crippen LogP contribution is -2.48. The van der Waals surface area contributed by atoms with Gasteiger partial charge in [-0.1, -0.05) is 20.8 Å². The van der Waals surface area contributed by atoms with Crippen molar-refractivity contribution in [1.29, 1.82) is 0 Å². The van der Waals surface area contributed by atoms with Gasteiger partial charge in [-0.25, -0.2) is 0 Å². The number of hydrogen-bond acceptors (Lipinski definition) is 2. The number of hydrogen-bond donors (Lipinski definition) is 2. The average Bonchev–Trinajstić information content (AvgIpc) is 2.34. The van der Waals surface area contributed by atoms with Gasteiger partial charge in [-0.05, 0) is 30.6 Å². The second kappa shape index (κ2) is 2.76. The fourth-order valence-electron chi connectivity index (χ4n) is 3.94. The molecule has 2 aliphatic rings. The van der Waals surface area contributed by atoms with Gasteiger partial charge in [-0.3, -0.25) is 4.79 Å². The van der Waals surface area contributed by atoms with Crippen molar-refractivity contribution in [3.05, 3.63) is 0 Å². The fourth-order valence-corrected chi connectivity index (χ4v) is 3.94. The number of aliphatic carboxylic acids is 1. The second-order valence-corrected chi connectivity index (χ2v) is 6.10. The van der Waals surface area contributed by atoms with Crippen LogP contribution in [0.1, 0.15) is 46.5 Å². The number of fused-ring (bicyclic) bond motifs is 2. The van der Waals surface area contributed by atoms with E-state index in [1.54, 1.807) is 0 Å². The molecule has 2 rings (SSSR count). The third-order valence-electron chi connectivity index (χ3n) is 5.49. The topological polar surface area (TPSA) is 57.5 Å². The van der Waals surface area contributed by atoms with E-state index in [4.69, 9.17) is 5.11 Å². The van der Waals surface area contributed by atoms with Crippen LogP contribution in [0.4, 0.5) is 0 Å². The second-order valence-electron chi connectivity index (χ2n) is 6.10. The van der Waals surface area contributed by atoms with Crippen LogP contribution in [0.5, 0.6) is 0 Å². The molecule has 3 heteroatoms. The van der Waals surface area contributed by atoms with E-state index in [1.165, 1.54) is 0 Å². The lowest BCUT2D eigenvalue weighted by molar-refractivity contribution is -0.152.